The lowest BCUT2D eigenvalue weighted by Gasteiger charge is -2.34. The standard InChI is InChI=1S/C23H28FN3O2S/c24-19-8-6-16(7-9-19)14-25-21(28)20-15-30-22(26-20)17-10-12-27(13-11-17)23(29)18-4-2-1-3-5-18/h6-9,15,17-18H,1-5,10-14H2,(H,25,28). The molecule has 1 saturated carbocycles. The van der Waals surface area contributed by atoms with Crippen LogP contribution in [0.5, 0.6) is 0 Å². The molecule has 0 spiro atoms. The van der Waals surface area contributed by atoms with E-state index in [0.717, 1.165) is 49.3 Å². The lowest BCUT2D eigenvalue weighted by molar-refractivity contribution is -0.137. The summed E-state index contributed by atoms with van der Waals surface area (Å²) < 4.78 is 13.0. The SMILES string of the molecule is O=C(NCc1ccc(F)cc1)c1csc(C2CCN(C(=O)C3CCCCC3)CC2)n1. The van der Waals surface area contributed by atoms with E-state index in [-0.39, 0.29) is 17.6 Å². The summed E-state index contributed by atoms with van der Waals surface area (Å²) in [6.45, 7) is 1.91. The third-order valence-corrected chi connectivity index (χ3v) is 7.24. The van der Waals surface area contributed by atoms with E-state index in [1.54, 1.807) is 17.5 Å². The number of piperidine rings is 1. The van der Waals surface area contributed by atoms with E-state index >= 15 is 0 Å². The van der Waals surface area contributed by atoms with Gasteiger partial charge in [0.05, 0.1) is 5.01 Å². The molecule has 2 heterocycles. The summed E-state index contributed by atoms with van der Waals surface area (Å²) in [6.07, 6.45) is 7.51. The van der Waals surface area contributed by atoms with E-state index < -0.39 is 0 Å². The number of amides is 2. The van der Waals surface area contributed by atoms with Crippen LogP contribution >= 0.6 is 11.3 Å². The van der Waals surface area contributed by atoms with Crippen molar-refractivity contribution in [3.05, 3.63) is 51.7 Å². The van der Waals surface area contributed by atoms with Gasteiger partial charge in [-0.05, 0) is 43.4 Å². The normalized spacial score (nSPS) is 18.4. The minimum Gasteiger partial charge on any atom is -0.347 e. The molecule has 1 aromatic carbocycles. The van der Waals surface area contributed by atoms with Crippen molar-refractivity contribution in [3.63, 3.8) is 0 Å². The summed E-state index contributed by atoms with van der Waals surface area (Å²) >= 11 is 1.52. The Kier molecular flexibility index (Phi) is 6.77. The molecule has 0 atom stereocenters. The van der Waals surface area contributed by atoms with Crippen LogP contribution in [0.4, 0.5) is 4.39 Å². The number of hydrogen-bond acceptors (Lipinski definition) is 4. The Hall–Kier alpha value is -2.28. The number of thiazole rings is 1. The second-order valence-electron chi connectivity index (χ2n) is 8.31. The fraction of sp³-hybridized carbons (Fsp3) is 0.522. The smallest absolute Gasteiger partial charge is 0.271 e. The molecule has 4 rings (SSSR count). The van der Waals surface area contributed by atoms with E-state index in [9.17, 15) is 14.0 Å². The van der Waals surface area contributed by atoms with Crippen LogP contribution in [-0.4, -0.2) is 34.8 Å². The first-order chi connectivity index (χ1) is 14.6. The molecule has 1 saturated heterocycles. The Morgan fingerprint density at radius 3 is 2.47 bits per heavy atom. The van der Waals surface area contributed by atoms with Crippen molar-refractivity contribution < 1.29 is 14.0 Å². The number of hydrogen-bond donors (Lipinski definition) is 1. The maximum Gasteiger partial charge on any atom is 0.271 e. The van der Waals surface area contributed by atoms with Crippen molar-refractivity contribution in [2.24, 2.45) is 5.92 Å². The van der Waals surface area contributed by atoms with Gasteiger partial charge in [-0.2, -0.15) is 0 Å². The zero-order valence-corrected chi connectivity index (χ0v) is 17.9. The van der Waals surface area contributed by atoms with Gasteiger partial charge in [-0.1, -0.05) is 31.4 Å². The van der Waals surface area contributed by atoms with Crippen LogP contribution in [-0.2, 0) is 11.3 Å². The number of rotatable bonds is 5. The fourth-order valence-corrected chi connectivity index (χ4v) is 5.38. The number of likely N-dealkylation sites (tertiary alicyclic amines) is 1. The van der Waals surface area contributed by atoms with Gasteiger partial charge >= 0.3 is 0 Å². The molecule has 30 heavy (non-hydrogen) atoms. The second kappa shape index (κ2) is 9.69. The minimum absolute atomic E-state index is 0.216. The maximum absolute atomic E-state index is 13.0. The Bertz CT molecular complexity index is 869. The van der Waals surface area contributed by atoms with Crippen LogP contribution in [0.25, 0.3) is 0 Å². The highest BCUT2D eigenvalue weighted by Crippen LogP contribution is 2.32. The molecule has 2 aliphatic rings. The number of benzene rings is 1. The fourth-order valence-electron chi connectivity index (χ4n) is 4.41. The molecular formula is C23H28FN3O2S. The van der Waals surface area contributed by atoms with Crippen LogP contribution in [0.1, 0.15) is 71.9 Å². The van der Waals surface area contributed by atoms with Crippen LogP contribution in [0.3, 0.4) is 0 Å². The molecule has 0 bridgehead atoms. The summed E-state index contributed by atoms with van der Waals surface area (Å²) in [5, 5.41) is 5.62. The maximum atomic E-state index is 13.0. The zero-order chi connectivity index (χ0) is 20.9. The molecule has 160 valence electrons. The Morgan fingerprint density at radius 2 is 1.77 bits per heavy atom. The molecule has 0 radical (unpaired) electrons. The molecule has 0 unspecified atom stereocenters. The lowest BCUT2D eigenvalue weighted by Crippen LogP contribution is -2.41. The van der Waals surface area contributed by atoms with Crippen LogP contribution in [0.2, 0.25) is 0 Å². The first kappa shape index (κ1) is 21.0. The summed E-state index contributed by atoms with van der Waals surface area (Å²) in [4.78, 5) is 31.7. The van der Waals surface area contributed by atoms with E-state index in [0.29, 0.717) is 24.1 Å². The number of carbonyl (C=O) groups is 2. The van der Waals surface area contributed by atoms with Crippen molar-refractivity contribution >= 4 is 23.2 Å². The summed E-state index contributed by atoms with van der Waals surface area (Å²) in [5.41, 5.74) is 1.27. The molecule has 1 aliphatic heterocycles. The lowest BCUT2D eigenvalue weighted by atomic mass is 9.87. The van der Waals surface area contributed by atoms with Gasteiger partial charge in [-0.25, -0.2) is 9.37 Å². The van der Waals surface area contributed by atoms with Gasteiger partial charge in [0.15, 0.2) is 0 Å². The second-order valence-corrected chi connectivity index (χ2v) is 9.20. The van der Waals surface area contributed by atoms with E-state index in [1.807, 2.05) is 4.90 Å². The molecule has 2 fully saturated rings. The van der Waals surface area contributed by atoms with Crippen molar-refractivity contribution in [1.29, 1.82) is 0 Å². The highest BCUT2D eigenvalue weighted by atomic mass is 32.1. The molecule has 2 amide bonds. The zero-order valence-electron chi connectivity index (χ0n) is 17.1. The third kappa shape index (κ3) is 5.06. The van der Waals surface area contributed by atoms with Crippen molar-refractivity contribution in [3.8, 4) is 0 Å². The van der Waals surface area contributed by atoms with E-state index in [4.69, 9.17) is 0 Å². The van der Waals surface area contributed by atoms with E-state index in [2.05, 4.69) is 10.3 Å². The van der Waals surface area contributed by atoms with Crippen LogP contribution in [0.15, 0.2) is 29.6 Å². The number of carbonyl (C=O) groups excluding carboxylic acids is 2. The van der Waals surface area contributed by atoms with Crippen LogP contribution in [0, 0.1) is 11.7 Å². The van der Waals surface area contributed by atoms with Gasteiger partial charge in [0.2, 0.25) is 5.91 Å². The number of aromatic nitrogens is 1. The van der Waals surface area contributed by atoms with Gasteiger partial charge in [0.1, 0.15) is 11.5 Å². The molecule has 2 aromatic rings. The van der Waals surface area contributed by atoms with Crippen molar-refractivity contribution in [2.75, 3.05) is 13.1 Å². The van der Waals surface area contributed by atoms with Gasteiger partial charge in [-0.3, -0.25) is 9.59 Å². The largest absolute Gasteiger partial charge is 0.347 e. The summed E-state index contributed by atoms with van der Waals surface area (Å²) in [7, 11) is 0. The quantitative estimate of drug-likeness (QED) is 0.761. The molecule has 1 N–H and O–H groups in total. The first-order valence-electron chi connectivity index (χ1n) is 10.9. The van der Waals surface area contributed by atoms with Gasteiger partial charge in [-0.15, -0.1) is 11.3 Å². The number of halogens is 1. The van der Waals surface area contributed by atoms with E-state index in [1.165, 1.54) is 42.7 Å². The number of nitrogens with zero attached hydrogens (tertiary/aromatic N) is 2. The number of nitrogens with one attached hydrogen (secondary N) is 1. The van der Waals surface area contributed by atoms with Gasteiger partial charge in [0, 0.05) is 36.9 Å². The Labute approximate surface area is 180 Å². The molecule has 7 heteroatoms. The monoisotopic (exact) mass is 429 g/mol. The van der Waals surface area contributed by atoms with Crippen molar-refractivity contribution in [1.82, 2.24) is 15.2 Å². The average molecular weight is 430 g/mol. The Balaban J connectivity index is 1.27. The summed E-state index contributed by atoms with van der Waals surface area (Å²) in [6, 6.07) is 6.08. The van der Waals surface area contributed by atoms with Crippen molar-refractivity contribution in [2.45, 2.75) is 57.4 Å². The average Bonchev–Trinajstić information content (AvgIpc) is 3.29. The third-order valence-electron chi connectivity index (χ3n) is 6.23. The highest BCUT2D eigenvalue weighted by molar-refractivity contribution is 7.09. The Morgan fingerprint density at radius 1 is 1.07 bits per heavy atom. The topological polar surface area (TPSA) is 62.3 Å². The highest BCUT2D eigenvalue weighted by Gasteiger charge is 2.30. The van der Waals surface area contributed by atoms with Gasteiger partial charge in [0.25, 0.3) is 5.91 Å². The van der Waals surface area contributed by atoms with Gasteiger partial charge < -0.3 is 10.2 Å². The predicted octanol–water partition coefficient (Wildman–Crippen LogP) is 4.50. The molecule has 5 nitrogen and oxygen atoms in total. The molecule has 1 aromatic heterocycles. The predicted molar refractivity (Wildman–Crippen MR) is 115 cm³/mol. The van der Waals surface area contributed by atoms with Crippen LogP contribution < -0.4 is 5.32 Å². The molecule has 1 aliphatic carbocycles. The summed E-state index contributed by atoms with van der Waals surface area (Å²) in [5.74, 6) is 0.371. The first-order valence-corrected chi connectivity index (χ1v) is 11.7. The minimum atomic E-state index is -0.291. The molecular weight excluding hydrogens is 401 g/mol.